The molecule has 0 aliphatic heterocycles. The van der Waals surface area contributed by atoms with E-state index < -0.39 is 0 Å². The van der Waals surface area contributed by atoms with Crippen LogP contribution in [0.2, 0.25) is 5.02 Å². The number of aromatic amines is 1. The summed E-state index contributed by atoms with van der Waals surface area (Å²) in [7, 11) is 1.53. The van der Waals surface area contributed by atoms with Gasteiger partial charge in [0.1, 0.15) is 16.4 Å². The molecule has 0 saturated heterocycles. The van der Waals surface area contributed by atoms with Crippen molar-refractivity contribution in [1.82, 2.24) is 9.97 Å². The molecule has 2 aromatic heterocycles. The molecule has 9 heteroatoms. The lowest BCUT2D eigenvalue weighted by molar-refractivity contribution is -0.115. The molecule has 0 bridgehead atoms. The number of nitrogens with one attached hydrogen (secondary N) is 2. The molecule has 6 nitrogen and oxygen atoms in total. The summed E-state index contributed by atoms with van der Waals surface area (Å²) in [4.78, 5) is 34.2. The first kappa shape index (κ1) is 21.7. The number of halogens is 1. The monoisotopic (exact) mass is 451 g/mol. The van der Waals surface area contributed by atoms with Crippen LogP contribution in [0.5, 0.6) is 5.75 Å². The fraction of sp³-hybridized carbons (Fsp3) is 0.350. The van der Waals surface area contributed by atoms with Gasteiger partial charge in [0.05, 0.1) is 29.2 Å². The average Bonchev–Trinajstić information content (AvgIpc) is 2.96. The van der Waals surface area contributed by atoms with Crippen LogP contribution in [-0.2, 0) is 10.5 Å². The summed E-state index contributed by atoms with van der Waals surface area (Å²) >= 11 is 9.03. The number of fused-ring (bicyclic) bond motifs is 1. The van der Waals surface area contributed by atoms with E-state index in [1.165, 1.54) is 30.2 Å². The third-order valence-corrected chi connectivity index (χ3v) is 7.33. The molecule has 2 N–H and O–H groups in total. The molecule has 29 heavy (non-hydrogen) atoms. The van der Waals surface area contributed by atoms with Crippen LogP contribution >= 0.6 is 34.7 Å². The number of hydrogen-bond acceptors (Lipinski definition) is 6. The van der Waals surface area contributed by atoms with E-state index in [1.807, 2.05) is 27.7 Å². The van der Waals surface area contributed by atoms with Crippen molar-refractivity contribution in [2.24, 2.45) is 0 Å². The van der Waals surface area contributed by atoms with Crippen LogP contribution in [0.25, 0.3) is 10.2 Å². The zero-order chi connectivity index (χ0) is 21.3. The average molecular weight is 452 g/mol. The molecule has 1 aromatic carbocycles. The minimum atomic E-state index is -0.358. The van der Waals surface area contributed by atoms with Crippen LogP contribution < -0.4 is 15.6 Å². The molecule has 1 unspecified atom stereocenters. The summed E-state index contributed by atoms with van der Waals surface area (Å²) in [5.74, 6) is 1.33. The Balaban J connectivity index is 1.70. The van der Waals surface area contributed by atoms with E-state index in [1.54, 1.807) is 12.1 Å². The molecule has 2 heterocycles. The number of thiophene rings is 1. The van der Waals surface area contributed by atoms with Gasteiger partial charge >= 0.3 is 0 Å². The molecule has 3 aromatic rings. The van der Waals surface area contributed by atoms with E-state index in [0.29, 0.717) is 33.4 Å². The molecule has 0 spiro atoms. The number of benzene rings is 1. The molecule has 154 valence electrons. The number of nitrogens with zero attached hydrogens (tertiary/aromatic N) is 1. The van der Waals surface area contributed by atoms with Gasteiger partial charge in [-0.15, -0.1) is 23.1 Å². The largest absolute Gasteiger partial charge is 0.495 e. The van der Waals surface area contributed by atoms with Crippen LogP contribution in [0.4, 0.5) is 5.69 Å². The van der Waals surface area contributed by atoms with Gasteiger partial charge in [-0.1, -0.05) is 11.6 Å². The minimum Gasteiger partial charge on any atom is -0.495 e. The van der Waals surface area contributed by atoms with Gasteiger partial charge in [-0.2, -0.15) is 0 Å². The van der Waals surface area contributed by atoms with Crippen molar-refractivity contribution in [3.05, 3.63) is 49.3 Å². The van der Waals surface area contributed by atoms with E-state index >= 15 is 0 Å². The molecule has 0 radical (unpaired) electrons. The first-order valence-electron chi connectivity index (χ1n) is 8.96. The van der Waals surface area contributed by atoms with Gasteiger partial charge in [0.15, 0.2) is 0 Å². The second-order valence-corrected chi connectivity index (χ2v) is 9.66. The van der Waals surface area contributed by atoms with Crippen LogP contribution in [0.15, 0.2) is 16.9 Å². The Morgan fingerprint density at radius 1 is 1.38 bits per heavy atom. The Bertz CT molecular complexity index is 1140. The number of hydrogen-bond donors (Lipinski definition) is 2. The molecular weight excluding hydrogens is 430 g/mol. The summed E-state index contributed by atoms with van der Waals surface area (Å²) in [6, 6.07) is 3.46. The van der Waals surface area contributed by atoms with E-state index in [2.05, 4.69) is 15.3 Å². The fourth-order valence-corrected chi connectivity index (χ4v) is 4.77. The van der Waals surface area contributed by atoms with Crippen molar-refractivity contribution in [3.8, 4) is 5.75 Å². The lowest BCUT2D eigenvalue weighted by Crippen LogP contribution is -2.23. The summed E-state index contributed by atoms with van der Waals surface area (Å²) in [6.07, 6.45) is 0. The highest BCUT2D eigenvalue weighted by molar-refractivity contribution is 7.99. The van der Waals surface area contributed by atoms with Gasteiger partial charge in [-0.3, -0.25) is 9.59 Å². The van der Waals surface area contributed by atoms with Crippen molar-refractivity contribution in [1.29, 1.82) is 0 Å². The van der Waals surface area contributed by atoms with Crippen molar-refractivity contribution in [2.45, 2.75) is 38.7 Å². The molecule has 0 fully saturated rings. The number of carbonyl (C=O) groups excluding carboxylic acids is 1. The third kappa shape index (κ3) is 4.60. The molecule has 0 saturated carbocycles. The molecule has 1 amide bonds. The maximum Gasteiger partial charge on any atom is 0.259 e. The van der Waals surface area contributed by atoms with Crippen LogP contribution in [0.3, 0.4) is 0 Å². The van der Waals surface area contributed by atoms with E-state index in [4.69, 9.17) is 16.3 Å². The highest BCUT2D eigenvalue weighted by Gasteiger charge is 2.18. The van der Waals surface area contributed by atoms with Gasteiger partial charge in [0.2, 0.25) is 5.91 Å². The van der Waals surface area contributed by atoms with Gasteiger partial charge in [0.25, 0.3) is 5.56 Å². The topological polar surface area (TPSA) is 84.1 Å². The fourth-order valence-electron chi connectivity index (χ4n) is 2.81. The quantitative estimate of drug-likeness (QED) is 0.560. The number of thioether (sulfide) groups is 1. The van der Waals surface area contributed by atoms with E-state index in [-0.39, 0.29) is 16.7 Å². The second kappa shape index (κ2) is 8.77. The zero-order valence-electron chi connectivity index (χ0n) is 16.8. The zero-order valence-corrected chi connectivity index (χ0v) is 19.2. The second-order valence-electron chi connectivity index (χ2n) is 6.72. The van der Waals surface area contributed by atoms with Gasteiger partial charge < -0.3 is 15.0 Å². The Morgan fingerprint density at radius 3 is 2.79 bits per heavy atom. The molecule has 0 aliphatic rings. The van der Waals surface area contributed by atoms with Crippen molar-refractivity contribution in [2.75, 3.05) is 12.4 Å². The minimum absolute atomic E-state index is 0.133. The van der Waals surface area contributed by atoms with E-state index in [0.717, 1.165) is 20.8 Å². The van der Waals surface area contributed by atoms with Crippen LogP contribution in [-0.4, -0.2) is 28.2 Å². The molecule has 1 atom stereocenters. The Morgan fingerprint density at radius 2 is 2.10 bits per heavy atom. The summed E-state index contributed by atoms with van der Waals surface area (Å²) in [5.41, 5.74) is 2.26. The number of rotatable bonds is 6. The summed E-state index contributed by atoms with van der Waals surface area (Å²) < 4.78 is 5.30. The normalized spacial score (nSPS) is 12.2. The number of amides is 1. The standard InChI is InChI=1S/C20H22ClN3O3S2/c1-9-6-14(15(27-5)7-13(9)21)22-18(25)12(4)28-8-16-23-19(26)17-10(2)11(3)29-20(17)24-16/h6-7,12H,8H2,1-5H3,(H,22,25)(H,23,24,26). The predicted molar refractivity (Wildman–Crippen MR) is 122 cm³/mol. The van der Waals surface area contributed by atoms with E-state index in [9.17, 15) is 9.59 Å². The lowest BCUT2D eigenvalue weighted by atomic mass is 10.2. The summed E-state index contributed by atoms with van der Waals surface area (Å²) in [6.45, 7) is 7.58. The van der Waals surface area contributed by atoms with Crippen LogP contribution in [0.1, 0.15) is 28.8 Å². The molecule has 3 rings (SSSR count). The first-order chi connectivity index (χ1) is 13.7. The van der Waals surface area contributed by atoms with Gasteiger partial charge in [-0.25, -0.2) is 4.98 Å². The number of ether oxygens (including phenoxy) is 1. The van der Waals surface area contributed by atoms with Crippen molar-refractivity contribution >= 4 is 56.5 Å². The first-order valence-corrected chi connectivity index (χ1v) is 11.2. The number of methoxy groups -OCH3 is 1. The Labute approximate surface area is 182 Å². The molecule has 0 aliphatic carbocycles. The Kier molecular flexibility index (Phi) is 6.55. The highest BCUT2D eigenvalue weighted by Crippen LogP contribution is 2.32. The van der Waals surface area contributed by atoms with Crippen molar-refractivity contribution in [3.63, 3.8) is 0 Å². The summed E-state index contributed by atoms with van der Waals surface area (Å²) in [5, 5.41) is 3.75. The maximum atomic E-state index is 12.6. The maximum absolute atomic E-state index is 12.6. The van der Waals surface area contributed by atoms with Crippen molar-refractivity contribution < 1.29 is 9.53 Å². The number of aryl methyl sites for hydroxylation is 3. The predicted octanol–water partition coefficient (Wildman–Crippen LogP) is 4.83. The van der Waals surface area contributed by atoms with Gasteiger partial charge in [0, 0.05) is 16.0 Å². The highest BCUT2D eigenvalue weighted by atomic mass is 35.5. The van der Waals surface area contributed by atoms with Crippen LogP contribution in [0, 0.1) is 20.8 Å². The molecular formula is C20H22ClN3O3S2. The van der Waals surface area contributed by atoms with Gasteiger partial charge in [-0.05, 0) is 44.9 Å². The number of aromatic nitrogens is 2. The number of anilines is 1. The number of H-pyrrole nitrogens is 1. The smallest absolute Gasteiger partial charge is 0.259 e. The third-order valence-electron chi connectivity index (χ3n) is 4.67. The number of carbonyl (C=O) groups is 1. The SMILES string of the molecule is COc1cc(Cl)c(C)cc1NC(=O)C(C)SCc1nc2sc(C)c(C)c2c(=O)[nH]1. The Hall–Kier alpha value is -2.03. The lowest BCUT2D eigenvalue weighted by Gasteiger charge is -2.15.